The van der Waals surface area contributed by atoms with Gasteiger partial charge >= 0.3 is 0 Å². The fraction of sp³-hybridized carbons (Fsp3) is 0.300. The van der Waals surface area contributed by atoms with Crippen molar-refractivity contribution in [2.24, 2.45) is 0 Å². The van der Waals surface area contributed by atoms with Crippen LogP contribution in [-0.4, -0.2) is 37.1 Å². The van der Waals surface area contributed by atoms with Crippen LogP contribution in [0.25, 0.3) is 0 Å². The Morgan fingerprint density at radius 3 is 2.20 bits per heavy atom. The van der Waals surface area contributed by atoms with Crippen molar-refractivity contribution in [3.8, 4) is 17.6 Å². The number of piperidine rings is 1. The third-order valence-electron chi connectivity index (χ3n) is 4.35. The van der Waals surface area contributed by atoms with Crippen molar-refractivity contribution in [3.05, 3.63) is 59.7 Å². The summed E-state index contributed by atoms with van der Waals surface area (Å²) in [5.41, 5.74) is 1.18. The Morgan fingerprint density at radius 1 is 1.04 bits per heavy atom. The van der Waals surface area contributed by atoms with Gasteiger partial charge in [-0.2, -0.15) is 5.26 Å². The zero-order chi connectivity index (χ0) is 17.6. The molecule has 0 bridgehead atoms. The van der Waals surface area contributed by atoms with Gasteiger partial charge in [-0.3, -0.25) is 4.79 Å². The minimum atomic E-state index is 0.00684. The summed E-state index contributed by atoms with van der Waals surface area (Å²) in [5, 5.41) is 8.83. The Hall–Kier alpha value is -3.00. The molecular formula is C20H20N2O3. The summed E-state index contributed by atoms with van der Waals surface area (Å²) >= 11 is 0. The van der Waals surface area contributed by atoms with Gasteiger partial charge in [0.15, 0.2) is 0 Å². The van der Waals surface area contributed by atoms with E-state index in [1.54, 1.807) is 31.4 Å². The molecule has 2 aromatic rings. The number of benzene rings is 2. The van der Waals surface area contributed by atoms with Gasteiger partial charge in [0.25, 0.3) is 5.91 Å². The van der Waals surface area contributed by atoms with Gasteiger partial charge in [0.1, 0.15) is 17.6 Å². The molecular weight excluding hydrogens is 316 g/mol. The van der Waals surface area contributed by atoms with E-state index < -0.39 is 0 Å². The van der Waals surface area contributed by atoms with E-state index in [4.69, 9.17) is 14.7 Å². The molecule has 1 aliphatic heterocycles. The maximum absolute atomic E-state index is 12.5. The van der Waals surface area contributed by atoms with E-state index in [0.29, 0.717) is 24.2 Å². The number of nitrogens with zero attached hydrogens (tertiary/aromatic N) is 2. The molecule has 5 heteroatoms. The van der Waals surface area contributed by atoms with E-state index in [2.05, 4.69) is 6.07 Å². The monoisotopic (exact) mass is 336 g/mol. The molecule has 0 atom stereocenters. The first kappa shape index (κ1) is 16.8. The molecule has 0 unspecified atom stereocenters. The first-order chi connectivity index (χ1) is 12.2. The van der Waals surface area contributed by atoms with Crippen molar-refractivity contribution in [2.45, 2.75) is 18.9 Å². The average molecular weight is 336 g/mol. The number of ether oxygens (including phenoxy) is 2. The van der Waals surface area contributed by atoms with E-state index in [-0.39, 0.29) is 12.0 Å². The lowest BCUT2D eigenvalue weighted by Crippen LogP contribution is -2.41. The van der Waals surface area contributed by atoms with Crippen molar-refractivity contribution >= 4 is 5.91 Å². The number of hydrogen-bond acceptors (Lipinski definition) is 4. The van der Waals surface area contributed by atoms with Crippen LogP contribution in [0.2, 0.25) is 0 Å². The second-order valence-corrected chi connectivity index (χ2v) is 5.97. The van der Waals surface area contributed by atoms with Crippen LogP contribution in [0.4, 0.5) is 0 Å². The topological polar surface area (TPSA) is 62.6 Å². The van der Waals surface area contributed by atoms with Crippen LogP contribution in [0.15, 0.2) is 48.5 Å². The lowest BCUT2D eigenvalue weighted by Gasteiger charge is -2.32. The van der Waals surface area contributed by atoms with Crippen LogP contribution in [0.1, 0.15) is 28.8 Å². The Balaban J connectivity index is 1.53. The molecule has 1 aliphatic rings. The van der Waals surface area contributed by atoms with Crippen LogP contribution in [-0.2, 0) is 0 Å². The molecule has 0 N–H and O–H groups in total. The van der Waals surface area contributed by atoms with Gasteiger partial charge in [0.05, 0.1) is 18.7 Å². The minimum Gasteiger partial charge on any atom is -0.497 e. The molecule has 1 heterocycles. The Labute approximate surface area is 147 Å². The predicted octanol–water partition coefficient (Wildman–Crippen LogP) is 3.25. The van der Waals surface area contributed by atoms with Crippen molar-refractivity contribution in [1.82, 2.24) is 4.90 Å². The number of carbonyl (C=O) groups excluding carboxylic acids is 1. The van der Waals surface area contributed by atoms with Crippen molar-refractivity contribution in [2.75, 3.05) is 20.2 Å². The number of carbonyl (C=O) groups is 1. The number of likely N-dealkylation sites (tertiary alicyclic amines) is 1. The quantitative estimate of drug-likeness (QED) is 0.860. The molecule has 0 aromatic heterocycles. The third-order valence-corrected chi connectivity index (χ3v) is 4.35. The second-order valence-electron chi connectivity index (χ2n) is 5.97. The Kier molecular flexibility index (Phi) is 5.20. The molecule has 128 valence electrons. The first-order valence-corrected chi connectivity index (χ1v) is 8.30. The Morgan fingerprint density at radius 2 is 1.64 bits per heavy atom. The van der Waals surface area contributed by atoms with E-state index >= 15 is 0 Å². The molecule has 1 fully saturated rings. The van der Waals surface area contributed by atoms with Gasteiger partial charge in [-0.05, 0) is 48.5 Å². The highest BCUT2D eigenvalue weighted by Gasteiger charge is 2.24. The minimum absolute atomic E-state index is 0.00684. The van der Waals surface area contributed by atoms with Gasteiger partial charge in [-0.15, -0.1) is 0 Å². The largest absolute Gasteiger partial charge is 0.497 e. The third kappa shape index (κ3) is 4.10. The number of nitriles is 1. The van der Waals surface area contributed by atoms with E-state index in [1.165, 1.54) is 0 Å². The SMILES string of the molecule is COc1ccc(OC2CCN(C(=O)c3ccc(C#N)cc3)CC2)cc1. The van der Waals surface area contributed by atoms with Gasteiger partial charge < -0.3 is 14.4 Å². The van der Waals surface area contributed by atoms with Gasteiger partial charge in [-0.1, -0.05) is 0 Å². The van der Waals surface area contributed by atoms with E-state index in [0.717, 1.165) is 24.3 Å². The molecule has 25 heavy (non-hydrogen) atoms. The van der Waals surface area contributed by atoms with Gasteiger partial charge in [0, 0.05) is 31.5 Å². The second kappa shape index (κ2) is 7.71. The summed E-state index contributed by atoms with van der Waals surface area (Å²) in [6.45, 7) is 1.33. The fourth-order valence-electron chi connectivity index (χ4n) is 2.89. The van der Waals surface area contributed by atoms with Crippen LogP contribution < -0.4 is 9.47 Å². The zero-order valence-corrected chi connectivity index (χ0v) is 14.1. The molecule has 0 aliphatic carbocycles. The summed E-state index contributed by atoms with van der Waals surface area (Å²) in [6, 6.07) is 16.4. The molecule has 0 spiro atoms. The fourth-order valence-corrected chi connectivity index (χ4v) is 2.89. The van der Waals surface area contributed by atoms with E-state index in [1.807, 2.05) is 29.2 Å². The van der Waals surface area contributed by atoms with E-state index in [9.17, 15) is 4.79 Å². The summed E-state index contributed by atoms with van der Waals surface area (Å²) in [5.74, 6) is 1.63. The summed E-state index contributed by atoms with van der Waals surface area (Å²) in [7, 11) is 1.64. The number of methoxy groups -OCH3 is 1. The van der Waals surface area contributed by atoms with Crippen LogP contribution >= 0.6 is 0 Å². The molecule has 0 radical (unpaired) electrons. The standard InChI is InChI=1S/C20H20N2O3/c1-24-17-6-8-18(9-7-17)25-19-10-12-22(13-11-19)20(23)16-4-2-15(14-21)3-5-16/h2-9,19H,10-13H2,1H3. The van der Waals surface area contributed by atoms with Crippen molar-refractivity contribution < 1.29 is 14.3 Å². The summed E-state index contributed by atoms with van der Waals surface area (Å²) in [4.78, 5) is 14.4. The maximum Gasteiger partial charge on any atom is 0.253 e. The maximum atomic E-state index is 12.5. The number of rotatable bonds is 4. The van der Waals surface area contributed by atoms with Crippen LogP contribution in [0, 0.1) is 11.3 Å². The highest BCUT2D eigenvalue weighted by molar-refractivity contribution is 5.94. The number of hydrogen-bond donors (Lipinski definition) is 0. The van der Waals surface area contributed by atoms with Gasteiger partial charge in [-0.25, -0.2) is 0 Å². The highest BCUT2D eigenvalue weighted by atomic mass is 16.5. The van der Waals surface area contributed by atoms with Gasteiger partial charge in [0.2, 0.25) is 0 Å². The van der Waals surface area contributed by atoms with Crippen molar-refractivity contribution in [1.29, 1.82) is 5.26 Å². The Bertz CT molecular complexity index is 755. The smallest absolute Gasteiger partial charge is 0.253 e. The molecule has 2 aromatic carbocycles. The molecule has 0 saturated carbocycles. The molecule has 5 nitrogen and oxygen atoms in total. The lowest BCUT2D eigenvalue weighted by atomic mass is 10.1. The predicted molar refractivity (Wildman–Crippen MR) is 93.7 cm³/mol. The molecule has 3 rings (SSSR count). The highest BCUT2D eigenvalue weighted by Crippen LogP contribution is 2.22. The summed E-state index contributed by atoms with van der Waals surface area (Å²) < 4.78 is 11.1. The number of amides is 1. The average Bonchev–Trinajstić information content (AvgIpc) is 2.69. The van der Waals surface area contributed by atoms with Crippen molar-refractivity contribution in [3.63, 3.8) is 0 Å². The van der Waals surface area contributed by atoms with Crippen LogP contribution in [0.3, 0.4) is 0 Å². The van der Waals surface area contributed by atoms with Crippen LogP contribution in [0.5, 0.6) is 11.5 Å². The summed E-state index contributed by atoms with van der Waals surface area (Å²) in [6.07, 6.45) is 1.71. The molecule has 1 amide bonds. The normalized spacial score (nSPS) is 14.6. The zero-order valence-electron chi connectivity index (χ0n) is 14.1. The lowest BCUT2D eigenvalue weighted by molar-refractivity contribution is 0.0595. The molecule has 1 saturated heterocycles. The first-order valence-electron chi connectivity index (χ1n) is 8.30.